The van der Waals surface area contributed by atoms with Crippen molar-refractivity contribution in [2.75, 3.05) is 13.7 Å². The van der Waals surface area contributed by atoms with E-state index in [0.717, 1.165) is 4.70 Å². The summed E-state index contributed by atoms with van der Waals surface area (Å²) in [6, 6.07) is 12.7. The van der Waals surface area contributed by atoms with E-state index >= 15 is 0 Å². The van der Waals surface area contributed by atoms with Crippen LogP contribution in [0.15, 0.2) is 51.9 Å². The van der Waals surface area contributed by atoms with E-state index in [9.17, 15) is 9.59 Å². The first-order valence-electron chi connectivity index (χ1n) is 8.20. The van der Waals surface area contributed by atoms with E-state index < -0.39 is 11.9 Å². The quantitative estimate of drug-likeness (QED) is 0.556. The Bertz CT molecular complexity index is 1070. The van der Waals surface area contributed by atoms with E-state index in [2.05, 4.69) is 20.9 Å². The van der Waals surface area contributed by atoms with Gasteiger partial charge in [-0.05, 0) is 47.1 Å². The topological polar surface area (TPSA) is 69.9 Å². The molecule has 0 aliphatic heterocycles. The zero-order valence-corrected chi connectivity index (χ0v) is 17.2. The maximum Gasteiger partial charge on any atom is 0.325 e. The maximum absolute atomic E-state index is 12.7. The molecule has 1 heterocycles. The maximum atomic E-state index is 12.7. The Morgan fingerprint density at radius 1 is 1.19 bits per heavy atom. The molecule has 3 aromatic rings. The van der Waals surface area contributed by atoms with Crippen LogP contribution in [0.2, 0.25) is 0 Å². The van der Waals surface area contributed by atoms with Crippen LogP contribution in [-0.4, -0.2) is 30.2 Å². The Kier molecular flexibility index (Phi) is 6.08. The number of para-hydroxylation sites is 1. The second-order valence-electron chi connectivity index (χ2n) is 5.48. The Balaban J connectivity index is 2.21. The van der Waals surface area contributed by atoms with Crippen LogP contribution in [0.3, 0.4) is 0 Å². The van der Waals surface area contributed by atoms with Crippen molar-refractivity contribution < 1.29 is 19.1 Å². The number of halogens is 1. The second kappa shape index (κ2) is 8.49. The number of benzene rings is 2. The molecule has 0 atom stereocenters. The lowest BCUT2D eigenvalue weighted by molar-refractivity contribution is -0.141. The van der Waals surface area contributed by atoms with E-state index in [1.807, 2.05) is 31.2 Å². The fraction of sp³-hybridized carbons (Fsp3) is 0.211. The lowest BCUT2D eigenvalue weighted by Gasteiger charge is -2.08. The first-order chi connectivity index (χ1) is 13.0. The van der Waals surface area contributed by atoms with Crippen LogP contribution < -0.4 is 9.54 Å². The standard InChI is InChI=1S/C19H17BrN2O4S/c1-3-26-14-9-6-10-15-17(14)22(11-16(23)25-2)19(27-15)21-18(24)12-7-4-5-8-13(12)20/h4-10H,3,11H2,1-2H3. The number of hydrogen-bond donors (Lipinski definition) is 0. The van der Waals surface area contributed by atoms with Gasteiger partial charge in [0.25, 0.3) is 5.91 Å². The van der Waals surface area contributed by atoms with Crippen molar-refractivity contribution in [3.63, 3.8) is 0 Å². The molecule has 1 amide bonds. The second-order valence-corrected chi connectivity index (χ2v) is 7.34. The number of hydrogen-bond acceptors (Lipinski definition) is 5. The van der Waals surface area contributed by atoms with Crippen molar-refractivity contribution in [1.29, 1.82) is 0 Å². The summed E-state index contributed by atoms with van der Waals surface area (Å²) in [6.45, 7) is 2.30. The minimum Gasteiger partial charge on any atom is -0.492 e. The summed E-state index contributed by atoms with van der Waals surface area (Å²) in [5.74, 6) is -0.202. The summed E-state index contributed by atoms with van der Waals surface area (Å²) < 4.78 is 13.7. The fourth-order valence-corrected chi connectivity index (χ4v) is 4.08. The molecule has 0 spiro atoms. The summed E-state index contributed by atoms with van der Waals surface area (Å²) in [5, 5.41) is 0. The summed E-state index contributed by atoms with van der Waals surface area (Å²) in [4.78, 5) is 29.3. The highest BCUT2D eigenvalue weighted by Gasteiger charge is 2.16. The first-order valence-corrected chi connectivity index (χ1v) is 9.81. The Morgan fingerprint density at radius 3 is 2.67 bits per heavy atom. The van der Waals surface area contributed by atoms with Crippen molar-refractivity contribution in [1.82, 2.24) is 4.57 Å². The van der Waals surface area contributed by atoms with Crippen molar-refractivity contribution in [3.05, 3.63) is 57.3 Å². The number of esters is 1. The van der Waals surface area contributed by atoms with Crippen LogP contribution in [0.4, 0.5) is 0 Å². The number of carbonyl (C=O) groups is 2. The average Bonchev–Trinajstić information content (AvgIpc) is 3.00. The Labute approximate surface area is 168 Å². The molecule has 140 valence electrons. The van der Waals surface area contributed by atoms with E-state index in [0.29, 0.717) is 32.7 Å². The van der Waals surface area contributed by atoms with Crippen molar-refractivity contribution >= 4 is 49.4 Å². The predicted molar refractivity (Wildman–Crippen MR) is 107 cm³/mol. The molecule has 1 aromatic heterocycles. The van der Waals surface area contributed by atoms with Gasteiger partial charge < -0.3 is 14.0 Å². The summed E-state index contributed by atoms with van der Waals surface area (Å²) in [7, 11) is 1.32. The molecule has 6 nitrogen and oxygen atoms in total. The highest BCUT2D eigenvalue weighted by atomic mass is 79.9. The third kappa shape index (κ3) is 4.12. The van der Waals surface area contributed by atoms with E-state index in [-0.39, 0.29) is 6.54 Å². The zero-order chi connectivity index (χ0) is 19.4. The minimum absolute atomic E-state index is 0.0668. The lowest BCUT2D eigenvalue weighted by Crippen LogP contribution is -2.22. The molecule has 0 radical (unpaired) electrons. The van der Waals surface area contributed by atoms with Gasteiger partial charge in [-0.25, -0.2) is 0 Å². The van der Waals surface area contributed by atoms with Gasteiger partial charge in [0.15, 0.2) is 4.80 Å². The summed E-state index contributed by atoms with van der Waals surface area (Å²) in [5.41, 5.74) is 1.16. The third-order valence-corrected chi connectivity index (χ3v) is 5.52. The number of methoxy groups -OCH3 is 1. The zero-order valence-electron chi connectivity index (χ0n) is 14.8. The molecule has 0 aliphatic rings. The van der Waals surface area contributed by atoms with Crippen LogP contribution >= 0.6 is 27.3 Å². The summed E-state index contributed by atoms with van der Waals surface area (Å²) >= 11 is 4.69. The molecule has 0 saturated heterocycles. The molecule has 0 bridgehead atoms. The van der Waals surface area contributed by atoms with Gasteiger partial charge in [-0.1, -0.05) is 29.5 Å². The Hall–Kier alpha value is -2.45. The average molecular weight is 449 g/mol. The molecule has 0 saturated carbocycles. The predicted octanol–water partition coefficient (Wildman–Crippen LogP) is 3.78. The molecule has 0 aliphatic carbocycles. The minimum atomic E-state index is -0.434. The highest BCUT2D eigenvalue weighted by molar-refractivity contribution is 9.10. The molecule has 0 unspecified atom stereocenters. The third-order valence-electron chi connectivity index (χ3n) is 3.78. The molecule has 0 N–H and O–H groups in total. The van der Waals surface area contributed by atoms with Gasteiger partial charge in [0.2, 0.25) is 0 Å². The fourth-order valence-electron chi connectivity index (χ4n) is 2.58. The monoisotopic (exact) mass is 448 g/mol. The number of nitrogens with zero attached hydrogens (tertiary/aromatic N) is 2. The van der Waals surface area contributed by atoms with E-state index in [4.69, 9.17) is 9.47 Å². The highest BCUT2D eigenvalue weighted by Crippen LogP contribution is 2.28. The largest absolute Gasteiger partial charge is 0.492 e. The van der Waals surface area contributed by atoms with E-state index in [1.165, 1.54) is 18.4 Å². The first kappa shape index (κ1) is 19.3. The molecule has 3 rings (SSSR count). The van der Waals surface area contributed by atoms with Gasteiger partial charge in [-0.3, -0.25) is 9.59 Å². The molecule has 0 fully saturated rings. The number of amides is 1. The van der Waals surface area contributed by atoms with Gasteiger partial charge in [0.1, 0.15) is 17.8 Å². The van der Waals surface area contributed by atoms with Crippen LogP contribution in [-0.2, 0) is 16.1 Å². The SMILES string of the molecule is CCOc1cccc2sc(=NC(=O)c3ccccc3Br)n(CC(=O)OC)c12. The number of aromatic nitrogens is 1. The normalized spacial score (nSPS) is 11.6. The number of ether oxygens (including phenoxy) is 2. The van der Waals surface area contributed by atoms with Gasteiger partial charge in [-0.2, -0.15) is 4.99 Å². The van der Waals surface area contributed by atoms with Crippen molar-refractivity contribution in [2.24, 2.45) is 4.99 Å². The lowest BCUT2D eigenvalue weighted by atomic mass is 10.2. The smallest absolute Gasteiger partial charge is 0.325 e. The van der Waals surface area contributed by atoms with Crippen molar-refractivity contribution in [3.8, 4) is 5.75 Å². The van der Waals surface area contributed by atoms with Crippen LogP contribution in [0.25, 0.3) is 10.2 Å². The molecule has 8 heteroatoms. The summed E-state index contributed by atoms with van der Waals surface area (Å²) in [6.07, 6.45) is 0. The van der Waals surface area contributed by atoms with Crippen LogP contribution in [0.5, 0.6) is 5.75 Å². The van der Waals surface area contributed by atoms with Gasteiger partial charge in [0, 0.05) is 4.47 Å². The van der Waals surface area contributed by atoms with Gasteiger partial charge in [-0.15, -0.1) is 0 Å². The number of thiazole rings is 1. The number of fused-ring (bicyclic) bond motifs is 1. The number of carbonyl (C=O) groups excluding carboxylic acids is 2. The van der Waals surface area contributed by atoms with Gasteiger partial charge in [0.05, 0.1) is 24.0 Å². The molecular weight excluding hydrogens is 432 g/mol. The molecule has 27 heavy (non-hydrogen) atoms. The van der Waals surface area contributed by atoms with Crippen molar-refractivity contribution in [2.45, 2.75) is 13.5 Å². The van der Waals surface area contributed by atoms with Gasteiger partial charge >= 0.3 is 5.97 Å². The van der Waals surface area contributed by atoms with Crippen LogP contribution in [0.1, 0.15) is 17.3 Å². The number of rotatable bonds is 5. The van der Waals surface area contributed by atoms with E-state index in [1.54, 1.807) is 22.8 Å². The molecular formula is C19H17BrN2O4S. The van der Waals surface area contributed by atoms with Crippen LogP contribution in [0, 0.1) is 0 Å². The Morgan fingerprint density at radius 2 is 1.96 bits per heavy atom. The molecule has 2 aromatic carbocycles.